The van der Waals surface area contributed by atoms with Crippen LogP contribution >= 0.6 is 0 Å². The zero-order valence-electron chi connectivity index (χ0n) is 16.3. The van der Waals surface area contributed by atoms with E-state index in [4.69, 9.17) is 0 Å². The smallest absolute Gasteiger partial charge is 0.253 e. The molecule has 2 aromatic heterocycles. The van der Waals surface area contributed by atoms with Gasteiger partial charge in [0.15, 0.2) is 0 Å². The van der Waals surface area contributed by atoms with Crippen molar-refractivity contribution in [3.05, 3.63) is 89.4 Å². The first-order valence-electron chi connectivity index (χ1n) is 10.2. The monoisotopic (exact) mass is 384 g/mol. The summed E-state index contributed by atoms with van der Waals surface area (Å²) in [5.41, 5.74) is 5.42. The molecule has 4 aromatic rings. The average molecular weight is 384 g/mol. The van der Waals surface area contributed by atoms with Gasteiger partial charge >= 0.3 is 0 Å². The van der Waals surface area contributed by atoms with Crippen molar-refractivity contribution < 1.29 is 4.79 Å². The van der Waals surface area contributed by atoms with Crippen LogP contribution in [0.4, 0.5) is 0 Å². The molecule has 1 amide bonds. The van der Waals surface area contributed by atoms with Gasteiger partial charge in [0.25, 0.3) is 5.91 Å². The molecule has 1 aliphatic heterocycles. The normalized spacial score (nSPS) is 17.0. The molecule has 1 aliphatic rings. The van der Waals surface area contributed by atoms with Crippen LogP contribution in [0.25, 0.3) is 10.9 Å². The van der Waals surface area contributed by atoms with Gasteiger partial charge in [0.1, 0.15) is 0 Å². The number of piperidine rings is 1. The van der Waals surface area contributed by atoms with Gasteiger partial charge < -0.3 is 9.88 Å². The number of fused-ring (bicyclic) bond motifs is 1. The highest BCUT2D eigenvalue weighted by Crippen LogP contribution is 2.30. The van der Waals surface area contributed by atoms with Crippen molar-refractivity contribution in [3.63, 3.8) is 0 Å². The maximum absolute atomic E-state index is 13.1. The summed E-state index contributed by atoms with van der Waals surface area (Å²) >= 11 is 0. The van der Waals surface area contributed by atoms with Crippen LogP contribution in [0.1, 0.15) is 45.9 Å². The zero-order chi connectivity index (χ0) is 19.6. The van der Waals surface area contributed by atoms with Crippen LogP contribution in [0.2, 0.25) is 0 Å². The molecule has 0 radical (unpaired) electrons. The van der Waals surface area contributed by atoms with Crippen molar-refractivity contribution in [3.8, 4) is 0 Å². The maximum Gasteiger partial charge on any atom is 0.253 e. The van der Waals surface area contributed by atoms with E-state index < -0.39 is 0 Å². The molecule has 5 rings (SSSR count). The Morgan fingerprint density at radius 3 is 2.93 bits per heavy atom. The average Bonchev–Trinajstić information content (AvgIpc) is 3.43. The lowest BCUT2D eigenvalue weighted by Crippen LogP contribution is -2.39. The molecule has 29 heavy (non-hydrogen) atoms. The topological polar surface area (TPSA) is 64.8 Å². The molecule has 2 N–H and O–H groups in total. The Morgan fingerprint density at radius 2 is 2.03 bits per heavy atom. The van der Waals surface area contributed by atoms with Gasteiger partial charge in [-0.15, -0.1) is 0 Å². The number of hydrogen-bond acceptors (Lipinski definition) is 2. The van der Waals surface area contributed by atoms with Crippen LogP contribution in [0.3, 0.4) is 0 Å². The van der Waals surface area contributed by atoms with E-state index in [1.54, 1.807) is 0 Å². The Hall–Kier alpha value is -3.34. The Morgan fingerprint density at radius 1 is 1.14 bits per heavy atom. The number of H-pyrrole nitrogens is 2. The highest BCUT2D eigenvalue weighted by atomic mass is 16.2. The minimum atomic E-state index is 0.107. The van der Waals surface area contributed by atoms with E-state index >= 15 is 0 Å². The summed E-state index contributed by atoms with van der Waals surface area (Å²) in [6.07, 6.45) is 6.78. The second kappa shape index (κ2) is 7.59. The molecular formula is C24H24N4O. The zero-order valence-corrected chi connectivity index (χ0v) is 16.3. The summed E-state index contributed by atoms with van der Waals surface area (Å²) in [6, 6.07) is 18.4. The molecule has 146 valence electrons. The van der Waals surface area contributed by atoms with Crippen LogP contribution in [0.15, 0.2) is 67.0 Å². The largest absolute Gasteiger partial charge is 0.361 e. The molecule has 0 spiro atoms. The highest BCUT2D eigenvalue weighted by Gasteiger charge is 2.28. The van der Waals surface area contributed by atoms with Crippen LogP contribution in [-0.2, 0) is 6.42 Å². The number of aromatic nitrogens is 3. The Bertz CT molecular complexity index is 1130. The lowest BCUT2D eigenvalue weighted by molar-refractivity contribution is 0.0705. The summed E-state index contributed by atoms with van der Waals surface area (Å²) in [6.45, 7) is 1.53. The third-order valence-electron chi connectivity index (χ3n) is 5.91. The molecule has 0 unspecified atom stereocenters. The third-order valence-corrected chi connectivity index (χ3v) is 5.91. The van der Waals surface area contributed by atoms with Gasteiger partial charge in [-0.2, -0.15) is 5.10 Å². The second-order valence-electron chi connectivity index (χ2n) is 7.84. The van der Waals surface area contributed by atoms with E-state index in [2.05, 4.69) is 39.4 Å². The van der Waals surface area contributed by atoms with Crippen molar-refractivity contribution in [1.82, 2.24) is 20.1 Å². The van der Waals surface area contributed by atoms with Crippen LogP contribution in [-0.4, -0.2) is 39.1 Å². The van der Waals surface area contributed by atoms with Crippen LogP contribution < -0.4 is 0 Å². The standard InChI is InChI=1S/C24H24N4O/c29-24(19-9-8-18-10-11-25-22(18)14-19)28-12-4-7-20(16-28)23-21(15-26-27-23)13-17-5-2-1-3-6-17/h1-3,5-6,8-11,14-15,20,25H,4,7,12-13,16H2,(H,26,27)/t20-/m1/s1. The van der Waals surface area contributed by atoms with Gasteiger partial charge in [-0.1, -0.05) is 36.4 Å². The predicted octanol–water partition coefficient (Wildman–Crippen LogP) is 4.50. The van der Waals surface area contributed by atoms with Crippen molar-refractivity contribution in [1.29, 1.82) is 0 Å². The Balaban J connectivity index is 1.34. The van der Waals surface area contributed by atoms with E-state index in [0.717, 1.165) is 48.8 Å². The summed E-state index contributed by atoms with van der Waals surface area (Å²) in [5.74, 6) is 0.401. The lowest BCUT2D eigenvalue weighted by Gasteiger charge is -2.33. The van der Waals surface area contributed by atoms with Gasteiger partial charge in [0.2, 0.25) is 0 Å². The summed E-state index contributed by atoms with van der Waals surface area (Å²) < 4.78 is 0. The van der Waals surface area contributed by atoms with Gasteiger partial charge in [0, 0.05) is 48.4 Å². The van der Waals surface area contributed by atoms with Gasteiger partial charge in [-0.3, -0.25) is 9.89 Å². The number of benzene rings is 2. The molecule has 3 heterocycles. The molecule has 0 aliphatic carbocycles. The van der Waals surface area contributed by atoms with E-state index in [-0.39, 0.29) is 5.91 Å². The molecule has 5 heteroatoms. The molecule has 1 fully saturated rings. The number of amides is 1. The number of hydrogen-bond donors (Lipinski definition) is 2. The molecule has 2 aromatic carbocycles. The van der Waals surface area contributed by atoms with Gasteiger partial charge in [-0.25, -0.2) is 0 Å². The fraction of sp³-hybridized carbons (Fsp3) is 0.250. The highest BCUT2D eigenvalue weighted by molar-refractivity contribution is 5.98. The van der Waals surface area contributed by atoms with Crippen molar-refractivity contribution in [2.45, 2.75) is 25.2 Å². The summed E-state index contributed by atoms with van der Waals surface area (Å²) in [4.78, 5) is 18.3. The molecule has 1 atom stereocenters. The van der Waals surface area contributed by atoms with Crippen LogP contribution in [0.5, 0.6) is 0 Å². The van der Waals surface area contributed by atoms with E-state index in [9.17, 15) is 4.79 Å². The molecule has 5 nitrogen and oxygen atoms in total. The Labute approximate surface area is 169 Å². The SMILES string of the molecule is O=C(c1ccc2cc[nH]c2c1)N1CCC[C@@H](c2[nH]ncc2Cc2ccccc2)C1. The second-order valence-corrected chi connectivity index (χ2v) is 7.84. The van der Waals surface area contributed by atoms with E-state index in [0.29, 0.717) is 5.92 Å². The Kier molecular flexibility index (Phi) is 4.64. The summed E-state index contributed by atoms with van der Waals surface area (Å²) in [5, 5.41) is 8.67. The minimum absolute atomic E-state index is 0.107. The maximum atomic E-state index is 13.1. The number of nitrogens with zero attached hydrogens (tertiary/aromatic N) is 2. The van der Waals surface area contributed by atoms with E-state index in [1.165, 1.54) is 16.8 Å². The first-order valence-corrected chi connectivity index (χ1v) is 10.2. The number of likely N-dealkylation sites (tertiary alicyclic amines) is 1. The number of carbonyl (C=O) groups excluding carboxylic acids is 1. The molecule has 0 saturated carbocycles. The van der Waals surface area contributed by atoms with Gasteiger partial charge in [0.05, 0.1) is 6.20 Å². The van der Waals surface area contributed by atoms with E-state index in [1.807, 2.05) is 47.6 Å². The number of rotatable bonds is 4. The summed E-state index contributed by atoms with van der Waals surface area (Å²) in [7, 11) is 0. The number of nitrogens with one attached hydrogen (secondary N) is 2. The van der Waals surface area contributed by atoms with Crippen molar-refractivity contribution in [2.24, 2.45) is 0 Å². The molecule has 1 saturated heterocycles. The fourth-order valence-electron chi connectivity index (χ4n) is 4.39. The fourth-order valence-corrected chi connectivity index (χ4v) is 4.39. The first-order chi connectivity index (χ1) is 14.3. The van der Waals surface area contributed by atoms with Gasteiger partial charge in [-0.05, 0) is 47.6 Å². The number of carbonyl (C=O) groups is 1. The van der Waals surface area contributed by atoms with Crippen molar-refractivity contribution in [2.75, 3.05) is 13.1 Å². The molecule has 0 bridgehead atoms. The predicted molar refractivity (Wildman–Crippen MR) is 114 cm³/mol. The van der Waals surface area contributed by atoms with Crippen molar-refractivity contribution >= 4 is 16.8 Å². The minimum Gasteiger partial charge on any atom is -0.361 e. The first kappa shape index (κ1) is 17.7. The third kappa shape index (κ3) is 3.56. The lowest BCUT2D eigenvalue weighted by atomic mass is 9.90. The number of aromatic amines is 2. The van der Waals surface area contributed by atoms with Crippen LogP contribution in [0, 0.1) is 0 Å². The molecular weight excluding hydrogens is 360 g/mol. The quantitative estimate of drug-likeness (QED) is 0.544.